The number of fused-ring (bicyclic) bond motifs is 1. The molecule has 1 aromatic carbocycles. The number of hydrogen-bond acceptors (Lipinski definition) is 7. The van der Waals surface area contributed by atoms with E-state index >= 15 is 0 Å². The Labute approximate surface area is 232 Å². The number of rotatable bonds is 7. The Morgan fingerprint density at radius 3 is 2.39 bits per heavy atom. The van der Waals surface area contributed by atoms with Gasteiger partial charge in [0.15, 0.2) is 11.3 Å². The van der Waals surface area contributed by atoms with Crippen LogP contribution in [0.2, 0.25) is 0 Å². The summed E-state index contributed by atoms with van der Waals surface area (Å²) in [5, 5.41) is 7.99. The lowest BCUT2D eigenvalue weighted by molar-refractivity contribution is 0.0915. The lowest BCUT2D eigenvalue weighted by Gasteiger charge is -2.32. The number of aromatic nitrogens is 2. The Kier molecular flexibility index (Phi) is 15.7. The van der Waals surface area contributed by atoms with Crippen LogP contribution in [0.25, 0.3) is 10.9 Å². The molecule has 0 spiro atoms. The number of H-pyrrole nitrogens is 1. The van der Waals surface area contributed by atoms with Gasteiger partial charge in [0.05, 0.1) is 11.4 Å². The van der Waals surface area contributed by atoms with E-state index in [-0.39, 0.29) is 5.91 Å². The standard InChI is InChI=1S/C16H28N4OS.C10H9NO.C2H6.CH5N/c1-11-14(9-10-17-2)19-16(22-11)15(21)18-12-5-7-13(8-6-12)20(3)4;1-7-2-3-10-8(4-7)5-9(6-12)11-10;2*1-2/h12-13,17H,5-10H2,1-4H3,(H,18,21);2-6,11H,1H3;1-2H3;2H2,1H3. The minimum Gasteiger partial charge on any atom is -0.352 e. The van der Waals surface area contributed by atoms with Crippen molar-refractivity contribution in [1.82, 2.24) is 25.5 Å². The van der Waals surface area contributed by atoms with Gasteiger partial charge in [0.25, 0.3) is 5.91 Å². The van der Waals surface area contributed by atoms with E-state index in [1.54, 1.807) is 0 Å². The second-order valence-corrected chi connectivity index (χ2v) is 10.5. The van der Waals surface area contributed by atoms with Crippen LogP contribution in [0, 0.1) is 13.8 Å². The summed E-state index contributed by atoms with van der Waals surface area (Å²) in [6, 6.07) is 8.87. The topological polar surface area (TPSA) is 116 Å². The van der Waals surface area contributed by atoms with Crippen molar-refractivity contribution in [3.8, 4) is 0 Å². The number of aryl methyl sites for hydroxylation is 2. The Hall–Kier alpha value is -2.59. The first-order valence-electron chi connectivity index (χ1n) is 13.5. The molecule has 0 unspecified atom stereocenters. The molecule has 0 aliphatic heterocycles. The molecule has 1 amide bonds. The lowest BCUT2D eigenvalue weighted by Crippen LogP contribution is -2.41. The van der Waals surface area contributed by atoms with E-state index in [1.807, 2.05) is 52.9 Å². The molecule has 2 aromatic heterocycles. The largest absolute Gasteiger partial charge is 0.352 e. The molecule has 38 heavy (non-hydrogen) atoms. The molecular formula is C29H48N6O2S. The van der Waals surface area contributed by atoms with Gasteiger partial charge in [-0.3, -0.25) is 9.59 Å². The first kappa shape index (κ1) is 33.4. The fraction of sp³-hybridized carbons (Fsp3) is 0.552. The monoisotopic (exact) mass is 544 g/mol. The van der Waals surface area contributed by atoms with Crippen molar-refractivity contribution in [2.24, 2.45) is 5.73 Å². The van der Waals surface area contributed by atoms with Crippen molar-refractivity contribution < 1.29 is 9.59 Å². The zero-order chi connectivity index (χ0) is 28.7. The highest BCUT2D eigenvalue weighted by Crippen LogP contribution is 2.23. The fourth-order valence-corrected chi connectivity index (χ4v) is 5.19. The number of aromatic amines is 1. The third-order valence-electron chi connectivity index (χ3n) is 6.38. The van der Waals surface area contributed by atoms with Crippen LogP contribution in [0.1, 0.15) is 76.0 Å². The van der Waals surface area contributed by atoms with Crippen molar-refractivity contribution in [3.05, 3.63) is 51.1 Å². The van der Waals surface area contributed by atoms with E-state index < -0.39 is 0 Å². The number of nitrogens with one attached hydrogen (secondary N) is 3. The molecule has 2 heterocycles. The number of aldehydes is 1. The number of nitrogens with zero attached hydrogens (tertiary/aromatic N) is 2. The van der Waals surface area contributed by atoms with Crippen molar-refractivity contribution in [2.75, 3.05) is 34.7 Å². The van der Waals surface area contributed by atoms with E-state index in [2.05, 4.69) is 51.4 Å². The van der Waals surface area contributed by atoms with Gasteiger partial charge in [-0.15, -0.1) is 11.3 Å². The van der Waals surface area contributed by atoms with Crippen LogP contribution in [-0.4, -0.2) is 73.9 Å². The summed E-state index contributed by atoms with van der Waals surface area (Å²) in [7, 11) is 7.70. The SMILES string of the molecule is CC.CN.CNCCc1nc(C(=O)NC2CCC(N(C)C)CC2)sc1C.Cc1ccc2[nH]c(C=O)cc2c1. The number of nitrogens with two attached hydrogens (primary N) is 1. The number of likely N-dealkylation sites (N-methyl/N-ethyl adjacent to an activating group) is 1. The Morgan fingerprint density at radius 2 is 1.82 bits per heavy atom. The van der Waals surface area contributed by atoms with E-state index in [0.29, 0.717) is 22.8 Å². The van der Waals surface area contributed by atoms with Gasteiger partial charge in [0.2, 0.25) is 0 Å². The van der Waals surface area contributed by atoms with Gasteiger partial charge in [-0.25, -0.2) is 4.98 Å². The number of benzene rings is 1. The second kappa shape index (κ2) is 17.8. The predicted octanol–water partition coefficient (Wildman–Crippen LogP) is 4.71. The summed E-state index contributed by atoms with van der Waals surface area (Å²) < 4.78 is 0. The molecule has 0 radical (unpaired) electrons. The first-order valence-corrected chi connectivity index (χ1v) is 14.3. The summed E-state index contributed by atoms with van der Waals surface area (Å²) >= 11 is 1.51. The third kappa shape index (κ3) is 10.3. The lowest BCUT2D eigenvalue weighted by atomic mass is 9.90. The normalized spacial score (nSPS) is 16.4. The number of hydrogen-bond donors (Lipinski definition) is 4. The molecule has 9 heteroatoms. The van der Waals surface area contributed by atoms with Gasteiger partial charge in [0, 0.05) is 40.8 Å². The Balaban J connectivity index is 0.000000379. The van der Waals surface area contributed by atoms with Crippen molar-refractivity contribution >= 4 is 34.4 Å². The zero-order valence-electron chi connectivity index (χ0n) is 24.5. The molecular weight excluding hydrogens is 496 g/mol. The fourth-order valence-electron chi connectivity index (χ4n) is 4.32. The molecule has 0 bridgehead atoms. The number of carbonyl (C=O) groups excluding carboxylic acids is 2. The molecule has 1 fully saturated rings. The summed E-state index contributed by atoms with van der Waals surface area (Å²) in [6.45, 7) is 8.97. The molecule has 4 rings (SSSR count). The minimum atomic E-state index is -0.00268. The van der Waals surface area contributed by atoms with E-state index in [0.717, 1.165) is 66.4 Å². The third-order valence-corrected chi connectivity index (χ3v) is 7.40. The summed E-state index contributed by atoms with van der Waals surface area (Å²) in [5.74, 6) is -0.00268. The van der Waals surface area contributed by atoms with Crippen molar-refractivity contribution in [3.63, 3.8) is 0 Å². The van der Waals surface area contributed by atoms with Crippen LogP contribution < -0.4 is 16.4 Å². The van der Waals surface area contributed by atoms with Crippen molar-refractivity contribution in [2.45, 2.75) is 71.9 Å². The molecule has 1 aliphatic rings. The predicted molar refractivity (Wildman–Crippen MR) is 162 cm³/mol. The molecule has 3 aromatic rings. The molecule has 0 atom stereocenters. The number of amides is 1. The zero-order valence-corrected chi connectivity index (χ0v) is 25.3. The molecule has 212 valence electrons. The van der Waals surface area contributed by atoms with E-state index in [9.17, 15) is 9.59 Å². The maximum Gasteiger partial charge on any atom is 0.280 e. The molecule has 0 saturated heterocycles. The number of thiazole rings is 1. The molecule has 1 aliphatic carbocycles. The maximum atomic E-state index is 12.4. The summed E-state index contributed by atoms with van der Waals surface area (Å²) in [6.07, 6.45) is 6.14. The first-order chi connectivity index (χ1) is 18.3. The Morgan fingerprint density at radius 1 is 1.16 bits per heavy atom. The molecule has 5 N–H and O–H groups in total. The van der Waals surface area contributed by atoms with Crippen molar-refractivity contribution in [1.29, 1.82) is 0 Å². The van der Waals surface area contributed by atoms with Gasteiger partial charge in [-0.2, -0.15) is 0 Å². The van der Waals surface area contributed by atoms with Gasteiger partial charge >= 0.3 is 0 Å². The summed E-state index contributed by atoms with van der Waals surface area (Å²) in [5.41, 5.74) is 8.40. The van der Waals surface area contributed by atoms with Crippen LogP contribution in [0.15, 0.2) is 24.3 Å². The van der Waals surface area contributed by atoms with Crippen LogP contribution in [0.4, 0.5) is 0 Å². The summed E-state index contributed by atoms with van der Waals surface area (Å²) in [4.78, 5) is 33.8. The highest BCUT2D eigenvalue weighted by molar-refractivity contribution is 7.13. The van der Waals surface area contributed by atoms with Gasteiger partial charge in [-0.1, -0.05) is 25.5 Å². The minimum absolute atomic E-state index is 0.00268. The number of carbonyl (C=O) groups is 2. The molecule has 8 nitrogen and oxygen atoms in total. The van der Waals surface area contributed by atoms with E-state index in [4.69, 9.17) is 0 Å². The van der Waals surface area contributed by atoms with Gasteiger partial charge in [0.1, 0.15) is 0 Å². The highest BCUT2D eigenvalue weighted by Gasteiger charge is 2.25. The maximum absolute atomic E-state index is 12.4. The average Bonchev–Trinajstić information content (AvgIpc) is 3.53. The Bertz CT molecular complexity index is 1100. The van der Waals surface area contributed by atoms with Crippen LogP contribution >= 0.6 is 11.3 Å². The van der Waals surface area contributed by atoms with Crippen LogP contribution in [0.5, 0.6) is 0 Å². The highest BCUT2D eigenvalue weighted by atomic mass is 32.1. The van der Waals surface area contributed by atoms with Crippen LogP contribution in [0.3, 0.4) is 0 Å². The quantitative estimate of drug-likeness (QED) is 0.320. The van der Waals surface area contributed by atoms with Crippen LogP contribution in [-0.2, 0) is 6.42 Å². The van der Waals surface area contributed by atoms with E-state index in [1.165, 1.54) is 23.9 Å². The van der Waals surface area contributed by atoms with Gasteiger partial charge in [-0.05, 0) is 85.9 Å². The smallest absolute Gasteiger partial charge is 0.280 e. The average molecular weight is 545 g/mol. The molecule has 1 saturated carbocycles. The second-order valence-electron chi connectivity index (χ2n) is 9.25. The van der Waals surface area contributed by atoms with Gasteiger partial charge < -0.3 is 26.3 Å².